The molecule has 1 aliphatic rings. The molecule has 0 N–H and O–H groups in total. The third-order valence-electron chi connectivity index (χ3n) is 9.09. The Morgan fingerprint density at radius 2 is 0.935 bits per heavy atom. The van der Waals surface area contributed by atoms with Gasteiger partial charge in [-0.25, -0.2) is 0 Å². The lowest BCUT2D eigenvalue weighted by molar-refractivity contribution is 0.419. The number of hydrogen-bond acceptors (Lipinski definition) is 1. The van der Waals surface area contributed by atoms with Gasteiger partial charge in [0.1, 0.15) is 11.5 Å². The zero-order valence-corrected chi connectivity index (χ0v) is 25.6. The minimum absolute atomic E-state index is 0.575. The SMILES string of the molecule is [2H]C([2H])([2H])C1(C)c2ccccc2Oc2c(-c3cccc(-c4c(-c5ccccc5)ccc(-c5ccccc5)c4-c4ccccc4)c3)cccc21. The lowest BCUT2D eigenvalue weighted by atomic mass is 9.75. The molecule has 0 aromatic heterocycles. The molecule has 1 nitrogen and oxygen atoms in total. The van der Waals surface area contributed by atoms with Gasteiger partial charge in [-0.1, -0.05) is 172 Å². The standard InChI is InChI=1S/C45H34O/c1-45(2)39-25-12-13-27-41(39)46-44-38(24-15-26-40(44)45)34-22-14-23-35(30-34)43-37(32-18-8-4-9-19-32)29-28-36(31-16-6-3-7-17-31)42(43)33-20-10-5-11-21-33/h3-30H,1-2H3/i1D3. The number of fused-ring (bicyclic) bond motifs is 2. The van der Waals surface area contributed by atoms with Crippen LogP contribution in [0.25, 0.3) is 55.6 Å². The number of rotatable bonds is 5. The molecule has 1 aliphatic heterocycles. The Labute approximate surface area is 275 Å². The minimum Gasteiger partial charge on any atom is -0.456 e. The second kappa shape index (κ2) is 11.4. The number of benzene rings is 7. The maximum Gasteiger partial charge on any atom is 0.139 e. The van der Waals surface area contributed by atoms with Crippen LogP contribution in [-0.4, -0.2) is 0 Å². The molecule has 0 bridgehead atoms. The van der Waals surface area contributed by atoms with E-state index in [-0.39, 0.29) is 0 Å². The summed E-state index contributed by atoms with van der Waals surface area (Å²) in [6.07, 6.45) is 0. The number of hydrogen-bond donors (Lipinski definition) is 0. The molecule has 0 saturated carbocycles. The summed E-state index contributed by atoms with van der Waals surface area (Å²) in [5.41, 5.74) is 10.9. The van der Waals surface area contributed by atoms with Crippen molar-refractivity contribution in [3.8, 4) is 67.1 Å². The van der Waals surface area contributed by atoms with Gasteiger partial charge in [-0.3, -0.25) is 0 Å². The van der Waals surface area contributed by atoms with Crippen LogP contribution in [0.2, 0.25) is 0 Å². The lowest BCUT2D eigenvalue weighted by Gasteiger charge is -2.35. The van der Waals surface area contributed by atoms with E-state index >= 15 is 0 Å². The average molecular weight is 594 g/mol. The van der Waals surface area contributed by atoms with Crippen molar-refractivity contribution in [2.45, 2.75) is 19.2 Å². The highest BCUT2D eigenvalue weighted by molar-refractivity contribution is 6.02. The molecule has 0 saturated heterocycles. The monoisotopic (exact) mass is 593 g/mol. The van der Waals surface area contributed by atoms with E-state index in [4.69, 9.17) is 8.85 Å². The smallest absolute Gasteiger partial charge is 0.139 e. The minimum atomic E-state index is -2.30. The molecule has 0 aliphatic carbocycles. The fraction of sp³-hybridized carbons (Fsp3) is 0.0667. The Kier molecular flexibility index (Phi) is 6.09. The van der Waals surface area contributed by atoms with Gasteiger partial charge >= 0.3 is 0 Å². The topological polar surface area (TPSA) is 9.23 Å². The summed E-state index contributed by atoms with van der Waals surface area (Å²) in [4.78, 5) is 0. The lowest BCUT2D eigenvalue weighted by Crippen LogP contribution is -2.24. The van der Waals surface area contributed by atoms with Gasteiger partial charge in [0.05, 0.1) is 0 Å². The Balaban J connectivity index is 1.39. The van der Waals surface area contributed by atoms with Crippen LogP contribution >= 0.6 is 0 Å². The van der Waals surface area contributed by atoms with Gasteiger partial charge < -0.3 is 4.74 Å². The van der Waals surface area contributed by atoms with E-state index < -0.39 is 12.3 Å². The molecular formula is C45H34O. The fourth-order valence-corrected chi connectivity index (χ4v) is 6.86. The predicted molar refractivity (Wildman–Crippen MR) is 192 cm³/mol. The summed E-state index contributed by atoms with van der Waals surface area (Å²) < 4.78 is 32.7. The molecule has 0 amide bonds. The van der Waals surface area contributed by atoms with E-state index in [0.29, 0.717) is 22.6 Å². The highest BCUT2D eigenvalue weighted by Gasteiger charge is 2.35. The van der Waals surface area contributed by atoms with Crippen LogP contribution in [-0.2, 0) is 5.41 Å². The summed E-state index contributed by atoms with van der Waals surface area (Å²) in [6, 6.07) is 58.1. The second-order valence-corrected chi connectivity index (χ2v) is 12.0. The van der Waals surface area contributed by atoms with Crippen LogP contribution in [0.4, 0.5) is 0 Å². The first kappa shape index (κ1) is 24.6. The van der Waals surface area contributed by atoms with Crippen molar-refractivity contribution in [1.29, 1.82) is 0 Å². The maximum atomic E-state index is 8.69. The van der Waals surface area contributed by atoms with Crippen LogP contribution in [0.5, 0.6) is 11.5 Å². The van der Waals surface area contributed by atoms with E-state index in [1.54, 1.807) is 0 Å². The van der Waals surface area contributed by atoms with Crippen LogP contribution in [0.15, 0.2) is 170 Å². The van der Waals surface area contributed by atoms with Crippen molar-refractivity contribution in [2.75, 3.05) is 0 Å². The molecule has 0 fully saturated rings. The van der Waals surface area contributed by atoms with Gasteiger partial charge in [0, 0.05) is 26.2 Å². The quantitative estimate of drug-likeness (QED) is 0.193. The molecule has 7 aromatic rings. The molecule has 1 heteroatoms. The van der Waals surface area contributed by atoms with E-state index in [1.807, 2.05) is 61.5 Å². The van der Waals surface area contributed by atoms with Crippen molar-refractivity contribution in [2.24, 2.45) is 0 Å². The summed E-state index contributed by atoms with van der Waals surface area (Å²) in [5, 5.41) is 0. The molecule has 1 unspecified atom stereocenters. The van der Waals surface area contributed by atoms with Gasteiger partial charge in [0.2, 0.25) is 0 Å². The normalized spacial score (nSPS) is 16.2. The Morgan fingerprint density at radius 3 is 1.59 bits per heavy atom. The van der Waals surface area contributed by atoms with Gasteiger partial charge in [-0.2, -0.15) is 0 Å². The first-order valence-corrected chi connectivity index (χ1v) is 15.7. The Hall–Kier alpha value is -5.66. The molecule has 1 heterocycles. The molecule has 1 atom stereocenters. The van der Waals surface area contributed by atoms with E-state index in [2.05, 4.69) is 115 Å². The van der Waals surface area contributed by atoms with Gasteiger partial charge in [-0.05, 0) is 62.2 Å². The molecule has 0 spiro atoms. The first-order chi connectivity index (χ1) is 23.8. The third kappa shape index (κ3) is 4.73. The molecular weight excluding hydrogens is 556 g/mol. The number of para-hydroxylation sites is 2. The summed E-state index contributed by atoms with van der Waals surface area (Å²) in [7, 11) is 0. The van der Waals surface area contributed by atoms with Crippen LogP contribution in [0.1, 0.15) is 29.0 Å². The van der Waals surface area contributed by atoms with Gasteiger partial charge in [0.15, 0.2) is 0 Å². The van der Waals surface area contributed by atoms with Crippen molar-refractivity contribution in [3.63, 3.8) is 0 Å². The van der Waals surface area contributed by atoms with Gasteiger partial charge in [-0.15, -0.1) is 0 Å². The zero-order valence-electron chi connectivity index (χ0n) is 28.6. The molecule has 46 heavy (non-hydrogen) atoms. The van der Waals surface area contributed by atoms with E-state index in [9.17, 15) is 0 Å². The number of ether oxygens (including phenoxy) is 1. The molecule has 7 aromatic carbocycles. The van der Waals surface area contributed by atoms with E-state index in [1.165, 1.54) is 0 Å². The Morgan fingerprint density at radius 1 is 0.435 bits per heavy atom. The van der Waals surface area contributed by atoms with Crippen LogP contribution in [0.3, 0.4) is 0 Å². The largest absolute Gasteiger partial charge is 0.456 e. The molecule has 8 rings (SSSR count). The Bertz CT molecular complexity index is 2290. The van der Waals surface area contributed by atoms with Crippen LogP contribution in [0, 0.1) is 0 Å². The highest BCUT2D eigenvalue weighted by Crippen LogP contribution is 2.52. The van der Waals surface area contributed by atoms with E-state index in [0.717, 1.165) is 55.6 Å². The highest BCUT2D eigenvalue weighted by atomic mass is 16.5. The van der Waals surface area contributed by atoms with Crippen molar-refractivity contribution < 1.29 is 8.85 Å². The van der Waals surface area contributed by atoms with Crippen molar-refractivity contribution in [1.82, 2.24) is 0 Å². The first-order valence-electron chi connectivity index (χ1n) is 17.2. The van der Waals surface area contributed by atoms with Crippen molar-refractivity contribution in [3.05, 3.63) is 181 Å². The second-order valence-electron chi connectivity index (χ2n) is 12.0. The van der Waals surface area contributed by atoms with Gasteiger partial charge in [0.25, 0.3) is 0 Å². The molecule has 0 radical (unpaired) electrons. The molecule has 220 valence electrons. The summed E-state index contributed by atoms with van der Waals surface area (Å²) >= 11 is 0. The van der Waals surface area contributed by atoms with Crippen molar-refractivity contribution >= 4 is 0 Å². The van der Waals surface area contributed by atoms with Crippen LogP contribution < -0.4 is 4.74 Å². The zero-order chi connectivity index (χ0) is 33.6. The summed E-state index contributed by atoms with van der Waals surface area (Å²) in [5.74, 6) is 1.16. The maximum absolute atomic E-state index is 8.69. The fourth-order valence-electron chi connectivity index (χ4n) is 6.86. The third-order valence-corrected chi connectivity index (χ3v) is 9.09. The summed E-state index contributed by atoms with van der Waals surface area (Å²) in [6.45, 7) is -0.483. The predicted octanol–water partition coefficient (Wildman–Crippen LogP) is 12.5. The average Bonchev–Trinajstić information content (AvgIpc) is 3.15.